The number of carbonyl (C=O) groups is 1. The summed E-state index contributed by atoms with van der Waals surface area (Å²) in [5, 5.41) is 1.36. The van der Waals surface area contributed by atoms with Crippen LogP contribution in [-0.2, 0) is 5.33 Å². The summed E-state index contributed by atoms with van der Waals surface area (Å²) in [7, 11) is 0. The Labute approximate surface area is 119 Å². The van der Waals surface area contributed by atoms with Crippen molar-refractivity contribution in [3.05, 3.63) is 58.6 Å². The van der Waals surface area contributed by atoms with E-state index in [1.807, 2.05) is 30.3 Å². The summed E-state index contributed by atoms with van der Waals surface area (Å²) in [6.45, 7) is 0. The van der Waals surface area contributed by atoms with Gasteiger partial charge < -0.3 is 5.73 Å². The van der Waals surface area contributed by atoms with Crippen molar-refractivity contribution in [1.29, 1.82) is 0 Å². The number of hydrogen-bond acceptors (Lipinski definition) is 1. The molecule has 2 aromatic carbocycles. The maximum atomic E-state index is 11.2. The molecule has 0 aromatic heterocycles. The van der Waals surface area contributed by atoms with E-state index in [0.29, 0.717) is 15.9 Å². The Morgan fingerprint density at radius 2 is 1.83 bits per heavy atom. The van der Waals surface area contributed by atoms with E-state index in [1.165, 1.54) is 0 Å². The van der Waals surface area contributed by atoms with Gasteiger partial charge in [0.15, 0.2) is 0 Å². The predicted molar refractivity (Wildman–Crippen MR) is 78.0 cm³/mol. The molecule has 0 bridgehead atoms. The lowest BCUT2D eigenvalue weighted by Gasteiger charge is -2.09. The van der Waals surface area contributed by atoms with Crippen molar-refractivity contribution in [2.45, 2.75) is 5.33 Å². The van der Waals surface area contributed by atoms with Gasteiger partial charge in [-0.3, -0.25) is 4.79 Å². The first-order valence-electron chi connectivity index (χ1n) is 5.36. The molecule has 0 unspecified atom stereocenters. The van der Waals surface area contributed by atoms with E-state index >= 15 is 0 Å². The maximum Gasteiger partial charge on any atom is 0.248 e. The SMILES string of the molecule is NC(=O)c1ccc(-c2ccc(Cl)cc2)c(CBr)c1. The van der Waals surface area contributed by atoms with Crippen LogP contribution in [0.2, 0.25) is 5.02 Å². The van der Waals surface area contributed by atoms with Crippen LogP contribution in [0.5, 0.6) is 0 Å². The highest BCUT2D eigenvalue weighted by molar-refractivity contribution is 9.08. The number of nitrogens with two attached hydrogens (primary N) is 1. The van der Waals surface area contributed by atoms with E-state index in [-0.39, 0.29) is 0 Å². The summed E-state index contributed by atoms with van der Waals surface area (Å²) in [6.07, 6.45) is 0. The zero-order valence-corrected chi connectivity index (χ0v) is 11.8. The lowest BCUT2D eigenvalue weighted by atomic mass is 9.98. The first kappa shape index (κ1) is 13.1. The van der Waals surface area contributed by atoms with Gasteiger partial charge in [-0.2, -0.15) is 0 Å². The van der Waals surface area contributed by atoms with E-state index in [0.717, 1.165) is 16.7 Å². The van der Waals surface area contributed by atoms with Crippen molar-refractivity contribution in [3.63, 3.8) is 0 Å². The number of primary amides is 1. The fourth-order valence-electron chi connectivity index (χ4n) is 1.77. The molecule has 2 nitrogen and oxygen atoms in total. The molecule has 0 saturated heterocycles. The van der Waals surface area contributed by atoms with Crippen LogP contribution >= 0.6 is 27.5 Å². The fraction of sp³-hybridized carbons (Fsp3) is 0.0714. The molecule has 2 N–H and O–H groups in total. The topological polar surface area (TPSA) is 43.1 Å². The second-order valence-electron chi connectivity index (χ2n) is 3.88. The monoisotopic (exact) mass is 323 g/mol. The number of carbonyl (C=O) groups excluding carboxylic acids is 1. The molecule has 0 fully saturated rings. The lowest BCUT2D eigenvalue weighted by Crippen LogP contribution is -2.11. The fourth-order valence-corrected chi connectivity index (χ4v) is 2.36. The van der Waals surface area contributed by atoms with Crippen molar-refractivity contribution >= 4 is 33.4 Å². The van der Waals surface area contributed by atoms with Crippen LogP contribution in [0.3, 0.4) is 0 Å². The highest BCUT2D eigenvalue weighted by atomic mass is 79.9. The molecule has 0 spiro atoms. The van der Waals surface area contributed by atoms with Crippen LogP contribution in [0.25, 0.3) is 11.1 Å². The van der Waals surface area contributed by atoms with Crippen molar-refractivity contribution in [2.24, 2.45) is 5.73 Å². The maximum absolute atomic E-state index is 11.2. The molecule has 0 atom stereocenters. The molecule has 2 rings (SSSR count). The predicted octanol–water partition coefficient (Wildman–Crippen LogP) is 4.00. The standard InChI is InChI=1S/C14H11BrClNO/c15-8-11-7-10(14(17)18)3-6-13(11)9-1-4-12(16)5-2-9/h1-7H,8H2,(H2,17,18). The minimum Gasteiger partial charge on any atom is -0.366 e. The van der Waals surface area contributed by atoms with Crippen LogP contribution in [0.4, 0.5) is 0 Å². The first-order valence-corrected chi connectivity index (χ1v) is 6.86. The summed E-state index contributed by atoms with van der Waals surface area (Å²) in [5.74, 6) is -0.417. The summed E-state index contributed by atoms with van der Waals surface area (Å²) < 4.78 is 0. The molecule has 0 saturated carbocycles. The molecule has 0 aliphatic carbocycles. The zero-order valence-electron chi connectivity index (χ0n) is 9.49. The second kappa shape index (κ2) is 5.55. The molecule has 92 valence electrons. The highest BCUT2D eigenvalue weighted by Crippen LogP contribution is 2.27. The van der Waals surface area contributed by atoms with Crippen molar-refractivity contribution in [1.82, 2.24) is 0 Å². The van der Waals surface area contributed by atoms with E-state index in [4.69, 9.17) is 17.3 Å². The van der Waals surface area contributed by atoms with Crippen LogP contribution in [-0.4, -0.2) is 5.91 Å². The lowest BCUT2D eigenvalue weighted by molar-refractivity contribution is 0.1000. The average molecular weight is 325 g/mol. The molecule has 1 amide bonds. The Hall–Kier alpha value is -1.32. The van der Waals surface area contributed by atoms with Gasteiger partial charge in [0, 0.05) is 15.9 Å². The van der Waals surface area contributed by atoms with Gasteiger partial charge in [-0.1, -0.05) is 45.7 Å². The van der Waals surface area contributed by atoms with Crippen LogP contribution < -0.4 is 5.73 Å². The number of alkyl halides is 1. The Balaban J connectivity index is 2.50. The van der Waals surface area contributed by atoms with Gasteiger partial charge >= 0.3 is 0 Å². The zero-order chi connectivity index (χ0) is 13.1. The van der Waals surface area contributed by atoms with Gasteiger partial charge in [-0.25, -0.2) is 0 Å². The molecule has 0 aliphatic rings. The van der Waals surface area contributed by atoms with Crippen LogP contribution in [0, 0.1) is 0 Å². The van der Waals surface area contributed by atoms with Crippen molar-refractivity contribution in [3.8, 4) is 11.1 Å². The quantitative estimate of drug-likeness (QED) is 0.852. The molecular weight excluding hydrogens is 314 g/mol. The van der Waals surface area contributed by atoms with E-state index in [1.54, 1.807) is 12.1 Å². The molecule has 18 heavy (non-hydrogen) atoms. The number of hydrogen-bond donors (Lipinski definition) is 1. The molecule has 0 radical (unpaired) electrons. The summed E-state index contributed by atoms with van der Waals surface area (Å²) in [5.41, 5.74) is 8.94. The van der Waals surface area contributed by atoms with E-state index < -0.39 is 5.91 Å². The smallest absolute Gasteiger partial charge is 0.248 e. The van der Waals surface area contributed by atoms with Gasteiger partial charge in [-0.15, -0.1) is 0 Å². The Bertz CT molecular complexity index is 581. The Kier molecular flexibility index (Phi) is 4.04. The van der Waals surface area contributed by atoms with Gasteiger partial charge in [0.25, 0.3) is 0 Å². The van der Waals surface area contributed by atoms with Crippen molar-refractivity contribution < 1.29 is 4.79 Å². The molecule has 0 heterocycles. The summed E-state index contributed by atoms with van der Waals surface area (Å²) in [4.78, 5) is 11.2. The molecule has 4 heteroatoms. The third-order valence-corrected chi connectivity index (χ3v) is 3.55. The largest absolute Gasteiger partial charge is 0.366 e. The molecule has 2 aromatic rings. The third-order valence-electron chi connectivity index (χ3n) is 2.69. The number of benzene rings is 2. The van der Waals surface area contributed by atoms with E-state index in [9.17, 15) is 4.79 Å². The summed E-state index contributed by atoms with van der Waals surface area (Å²) >= 11 is 9.29. The third kappa shape index (κ3) is 2.74. The first-order chi connectivity index (χ1) is 8.61. The normalized spacial score (nSPS) is 10.3. The van der Waals surface area contributed by atoms with Crippen LogP contribution in [0.1, 0.15) is 15.9 Å². The Morgan fingerprint density at radius 3 is 2.39 bits per heavy atom. The number of amides is 1. The van der Waals surface area contributed by atoms with E-state index in [2.05, 4.69) is 15.9 Å². The second-order valence-corrected chi connectivity index (χ2v) is 4.87. The highest BCUT2D eigenvalue weighted by Gasteiger charge is 2.08. The van der Waals surface area contributed by atoms with Gasteiger partial charge in [0.2, 0.25) is 5.91 Å². The minimum absolute atomic E-state index is 0.417. The summed E-state index contributed by atoms with van der Waals surface area (Å²) in [6, 6.07) is 13.0. The number of rotatable bonds is 3. The number of halogens is 2. The van der Waals surface area contributed by atoms with Crippen molar-refractivity contribution in [2.75, 3.05) is 0 Å². The average Bonchev–Trinajstić information content (AvgIpc) is 2.39. The van der Waals surface area contributed by atoms with Crippen LogP contribution in [0.15, 0.2) is 42.5 Å². The Morgan fingerprint density at radius 1 is 1.17 bits per heavy atom. The van der Waals surface area contributed by atoms with Gasteiger partial charge in [0.05, 0.1) is 0 Å². The minimum atomic E-state index is -0.417. The van der Waals surface area contributed by atoms with Gasteiger partial charge in [-0.05, 0) is 41.0 Å². The molecular formula is C14H11BrClNO. The molecule has 0 aliphatic heterocycles. The van der Waals surface area contributed by atoms with Gasteiger partial charge in [0.1, 0.15) is 0 Å².